The fraction of sp³-hybridized carbons (Fsp3) is 0.318. The maximum absolute atomic E-state index is 13.3. The Bertz CT molecular complexity index is 868. The molecule has 0 aromatic heterocycles. The van der Waals surface area contributed by atoms with Crippen LogP contribution in [0, 0.1) is 0 Å². The summed E-state index contributed by atoms with van der Waals surface area (Å²) in [6, 6.07) is 18.0. The van der Waals surface area contributed by atoms with Crippen LogP contribution in [0.1, 0.15) is 12.0 Å². The van der Waals surface area contributed by atoms with E-state index in [1.807, 2.05) is 67.5 Å². The fourth-order valence-corrected chi connectivity index (χ4v) is 3.21. The molecule has 3 rings (SSSR count). The lowest BCUT2D eigenvalue weighted by atomic mass is 10.1. The van der Waals surface area contributed by atoms with Gasteiger partial charge in [-0.3, -0.25) is 9.80 Å². The second kappa shape index (κ2) is 9.34. The average molecular weight is 394 g/mol. The molecule has 29 heavy (non-hydrogen) atoms. The lowest BCUT2D eigenvalue weighted by Gasteiger charge is -2.24. The number of carbonyl (C=O) groups is 2. The monoisotopic (exact) mass is 394 g/mol. The largest absolute Gasteiger partial charge is 0.480 e. The van der Waals surface area contributed by atoms with Crippen molar-refractivity contribution in [3.8, 4) is 0 Å². The maximum atomic E-state index is 13.3. The van der Waals surface area contributed by atoms with Crippen molar-refractivity contribution in [2.24, 2.45) is 5.10 Å². The van der Waals surface area contributed by atoms with Gasteiger partial charge in [0.2, 0.25) is 0 Å². The highest BCUT2D eigenvalue weighted by molar-refractivity contribution is 6.40. The van der Waals surface area contributed by atoms with Crippen molar-refractivity contribution in [3.63, 3.8) is 0 Å². The number of hydrogen-bond acceptors (Lipinski definition) is 5. The molecule has 152 valence electrons. The van der Waals surface area contributed by atoms with E-state index in [0.717, 1.165) is 5.56 Å². The quantitative estimate of drug-likeness (QED) is 0.744. The smallest absolute Gasteiger partial charge is 0.328 e. The molecule has 2 aromatic carbocycles. The molecule has 0 saturated heterocycles. The van der Waals surface area contributed by atoms with Crippen molar-refractivity contribution >= 4 is 23.3 Å². The number of anilines is 1. The zero-order valence-electron chi connectivity index (χ0n) is 16.7. The van der Waals surface area contributed by atoms with Crippen LogP contribution in [0.3, 0.4) is 0 Å². The number of likely N-dealkylation sites (N-methyl/N-ethyl adjacent to an activating group) is 1. The summed E-state index contributed by atoms with van der Waals surface area (Å²) < 4.78 is 0. The van der Waals surface area contributed by atoms with Gasteiger partial charge in [-0.2, -0.15) is 5.10 Å². The van der Waals surface area contributed by atoms with Gasteiger partial charge in [-0.25, -0.2) is 4.79 Å². The molecule has 1 aliphatic heterocycles. The minimum atomic E-state index is -0.997. The Morgan fingerprint density at radius 1 is 1.03 bits per heavy atom. The predicted molar refractivity (Wildman–Crippen MR) is 113 cm³/mol. The third-order valence-electron chi connectivity index (χ3n) is 4.78. The van der Waals surface area contributed by atoms with Crippen LogP contribution in [0.25, 0.3) is 0 Å². The van der Waals surface area contributed by atoms with Gasteiger partial charge in [-0.05, 0) is 31.8 Å². The zero-order valence-corrected chi connectivity index (χ0v) is 16.7. The third kappa shape index (κ3) is 5.20. The van der Waals surface area contributed by atoms with Crippen molar-refractivity contribution in [2.75, 3.05) is 32.2 Å². The zero-order chi connectivity index (χ0) is 20.8. The van der Waals surface area contributed by atoms with Crippen LogP contribution in [-0.2, 0) is 16.1 Å². The molecule has 7 nitrogen and oxygen atoms in total. The predicted octanol–water partition coefficient (Wildman–Crippen LogP) is 2.30. The minimum Gasteiger partial charge on any atom is -0.480 e. The molecule has 1 atom stereocenters. The van der Waals surface area contributed by atoms with Crippen molar-refractivity contribution in [2.45, 2.75) is 19.0 Å². The second-order valence-corrected chi connectivity index (χ2v) is 7.30. The molecular formula is C22H26N4O3. The number of hydrogen-bond donors (Lipinski definition) is 1. The van der Waals surface area contributed by atoms with Gasteiger partial charge in [0, 0.05) is 26.1 Å². The Balaban J connectivity index is 1.84. The van der Waals surface area contributed by atoms with Crippen LogP contribution in [0.15, 0.2) is 65.8 Å². The van der Waals surface area contributed by atoms with Crippen molar-refractivity contribution < 1.29 is 14.7 Å². The minimum absolute atomic E-state index is 0.0797. The number of carbonyl (C=O) groups excluding carboxylic acids is 1. The summed E-state index contributed by atoms with van der Waals surface area (Å²) >= 11 is 0. The van der Waals surface area contributed by atoms with Gasteiger partial charge in [-0.15, -0.1) is 0 Å². The molecule has 1 unspecified atom stereocenters. The van der Waals surface area contributed by atoms with Crippen LogP contribution < -0.4 is 5.01 Å². The average Bonchev–Trinajstić information content (AvgIpc) is 3.18. The Labute approximate surface area is 170 Å². The van der Waals surface area contributed by atoms with Crippen LogP contribution in [-0.4, -0.2) is 65.7 Å². The molecule has 0 aliphatic carbocycles. The Morgan fingerprint density at radius 3 is 2.24 bits per heavy atom. The van der Waals surface area contributed by atoms with Gasteiger partial charge < -0.3 is 14.9 Å². The standard InChI is InChI=1S/C22H26N4O3/c1-24(2)13-14-25(16-17-9-5-3-6-10-17)21(27)19-15-20(22(28)29)26(23-19)18-11-7-4-8-12-18/h3-12,20H,13-16H2,1-2H3,(H,28,29). The summed E-state index contributed by atoms with van der Waals surface area (Å²) in [7, 11) is 3.91. The van der Waals surface area contributed by atoms with E-state index in [0.29, 0.717) is 25.3 Å². The van der Waals surface area contributed by atoms with E-state index in [4.69, 9.17) is 0 Å². The van der Waals surface area contributed by atoms with E-state index < -0.39 is 12.0 Å². The van der Waals surface area contributed by atoms with Crippen LogP contribution in [0.2, 0.25) is 0 Å². The molecule has 1 aliphatic rings. The van der Waals surface area contributed by atoms with E-state index in [1.54, 1.807) is 17.0 Å². The summed E-state index contributed by atoms with van der Waals surface area (Å²) in [4.78, 5) is 28.8. The number of amides is 1. The lowest BCUT2D eigenvalue weighted by molar-refractivity contribution is -0.138. The molecule has 1 N–H and O–H groups in total. The highest BCUT2D eigenvalue weighted by Crippen LogP contribution is 2.25. The van der Waals surface area contributed by atoms with Crippen LogP contribution >= 0.6 is 0 Å². The van der Waals surface area contributed by atoms with Crippen molar-refractivity contribution in [1.82, 2.24) is 9.80 Å². The molecule has 0 fully saturated rings. The first-order chi connectivity index (χ1) is 14.0. The molecule has 7 heteroatoms. The van der Waals surface area contributed by atoms with E-state index >= 15 is 0 Å². The molecular weight excluding hydrogens is 368 g/mol. The maximum Gasteiger partial charge on any atom is 0.328 e. The first-order valence-electron chi connectivity index (χ1n) is 9.58. The number of carboxylic acids is 1. The SMILES string of the molecule is CN(C)CCN(Cc1ccccc1)C(=O)C1=NN(c2ccccc2)C(C(=O)O)C1. The highest BCUT2D eigenvalue weighted by Gasteiger charge is 2.37. The summed E-state index contributed by atoms with van der Waals surface area (Å²) in [5.41, 5.74) is 1.95. The third-order valence-corrected chi connectivity index (χ3v) is 4.78. The molecule has 0 saturated carbocycles. The number of benzene rings is 2. The van der Waals surface area contributed by atoms with E-state index in [2.05, 4.69) is 5.10 Å². The first-order valence-corrected chi connectivity index (χ1v) is 9.58. The molecule has 0 bridgehead atoms. The molecule has 1 amide bonds. The van der Waals surface area contributed by atoms with E-state index in [9.17, 15) is 14.7 Å². The van der Waals surface area contributed by atoms with Gasteiger partial charge in [-0.1, -0.05) is 48.5 Å². The number of carboxylic acid groups (broad SMARTS) is 1. The lowest BCUT2D eigenvalue weighted by Crippen LogP contribution is -2.40. The van der Waals surface area contributed by atoms with Crippen molar-refractivity contribution in [1.29, 1.82) is 0 Å². The number of para-hydroxylation sites is 1. The molecule has 0 spiro atoms. The van der Waals surface area contributed by atoms with Gasteiger partial charge in [0.05, 0.1) is 5.69 Å². The molecule has 0 radical (unpaired) electrons. The van der Waals surface area contributed by atoms with Gasteiger partial charge in [0.25, 0.3) is 5.91 Å². The summed E-state index contributed by atoms with van der Waals surface area (Å²) in [5.74, 6) is -1.22. The van der Waals surface area contributed by atoms with E-state index in [-0.39, 0.29) is 18.0 Å². The first kappa shape index (κ1) is 20.5. The Hall–Kier alpha value is -3.19. The summed E-state index contributed by atoms with van der Waals surface area (Å²) in [5, 5.41) is 15.5. The topological polar surface area (TPSA) is 76.5 Å². The van der Waals surface area contributed by atoms with E-state index in [1.165, 1.54) is 5.01 Å². The molecule has 2 aromatic rings. The number of aliphatic carboxylic acids is 1. The Kier molecular flexibility index (Phi) is 6.61. The fourth-order valence-electron chi connectivity index (χ4n) is 3.21. The highest BCUT2D eigenvalue weighted by atomic mass is 16.4. The van der Waals surface area contributed by atoms with Gasteiger partial charge >= 0.3 is 5.97 Å². The summed E-state index contributed by atoms with van der Waals surface area (Å²) in [6.45, 7) is 1.69. The number of rotatable bonds is 8. The number of hydrazone groups is 1. The normalized spacial score (nSPS) is 16.0. The second-order valence-electron chi connectivity index (χ2n) is 7.30. The van der Waals surface area contributed by atoms with Crippen LogP contribution in [0.4, 0.5) is 5.69 Å². The van der Waals surface area contributed by atoms with Crippen molar-refractivity contribution in [3.05, 3.63) is 66.2 Å². The molecule has 1 heterocycles. The van der Waals surface area contributed by atoms with Gasteiger partial charge in [0.1, 0.15) is 5.71 Å². The van der Waals surface area contributed by atoms with Crippen LogP contribution in [0.5, 0.6) is 0 Å². The number of nitrogens with zero attached hydrogens (tertiary/aromatic N) is 4. The summed E-state index contributed by atoms with van der Waals surface area (Å²) in [6.07, 6.45) is 0.0797. The van der Waals surface area contributed by atoms with Gasteiger partial charge in [0.15, 0.2) is 6.04 Å². The Morgan fingerprint density at radius 2 is 1.66 bits per heavy atom.